The highest BCUT2D eigenvalue weighted by molar-refractivity contribution is 6.09. The molecule has 4 aromatic rings. The van der Waals surface area contributed by atoms with Crippen LogP contribution in [0.1, 0.15) is 15.9 Å². The Balaban J connectivity index is 1.14. The van der Waals surface area contributed by atoms with Gasteiger partial charge in [-0.15, -0.1) is 0 Å². The zero-order valence-corrected chi connectivity index (χ0v) is 18.8. The number of aryl methyl sites for hydroxylation is 1. The highest BCUT2D eigenvalue weighted by Gasteiger charge is 2.24. The second-order valence-corrected chi connectivity index (χ2v) is 8.08. The molecular formula is C25H24N6O3. The summed E-state index contributed by atoms with van der Waals surface area (Å²) in [6.45, 7) is 2.45. The Morgan fingerprint density at radius 1 is 0.912 bits per heavy atom. The number of amides is 1. The van der Waals surface area contributed by atoms with Crippen LogP contribution in [0.5, 0.6) is 5.75 Å². The van der Waals surface area contributed by atoms with Crippen molar-refractivity contribution in [3.8, 4) is 5.75 Å². The zero-order chi connectivity index (χ0) is 23.5. The molecule has 0 aliphatic carbocycles. The lowest BCUT2D eigenvalue weighted by molar-refractivity contribution is -0.133. The highest BCUT2D eigenvalue weighted by atomic mass is 16.5. The molecule has 2 aromatic carbocycles. The van der Waals surface area contributed by atoms with Gasteiger partial charge in [0.2, 0.25) is 0 Å². The number of nitrogens with zero attached hydrogens (tertiary/aromatic N) is 6. The second-order valence-electron chi connectivity index (χ2n) is 8.08. The summed E-state index contributed by atoms with van der Waals surface area (Å²) >= 11 is 0. The van der Waals surface area contributed by atoms with Gasteiger partial charge in [-0.2, -0.15) is 5.10 Å². The maximum Gasteiger partial charge on any atom is 0.260 e. The van der Waals surface area contributed by atoms with E-state index in [1.807, 2.05) is 25.2 Å². The number of hydrogen-bond donors (Lipinski definition) is 0. The molecule has 172 valence electrons. The van der Waals surface area contributed by atoms with Crippen molar-refractivity contribution < 1.29 is 14.3 Å². The van der Waals surface area contributed by atoms with E-state index in [9.17, 15) is 9.59 Å². The fourth-order valence-corrected chi connectivity index (χ4v) is 4.06. The number of carbonyl (C=O) groups excluding carboxylic acids is 2. The molecule has 0 spiro atoms. The Morgan fingerprint density at radius 3 is 2.35 bits per heavy atom. The molecular weight excluding hydrogens is 432 g/mol. The lowest BCUT2D eigenvalue weighted by atomic mass is 10.0. The van der Waals surface area contributed by atoms with Gasteiger partial charge in [0, 0.05) is 44.4 Å². The van der Waals surface area contributed by atoms with E-state index in [0.29, 0.717) is 43.1 Å². The molecule has 2 aromatic heterocycles. The SMILES string of the molecule is Cn1ncc2c(N3CCN(C(=O)COc4ccc(C(=O)c5ccccc5)cc4)CC3)ncnc21. The normalized spacial score (nSPS) is 13.8. The molecule has 0 atom stereocenters. The number of ether oxygens (including phenoxy) is 1. The van der Waals surface area contributed by atoms with Gasteiger partial charge < -0.3 is 14.5 Å². The summed E-state index contributed by atoms with van der Waals surface area (Å²) in [5.41, 5.74) is 2.00. The Hall–Kier alpha value is -4.27. The summed E-state index contributed by atoms with van der Waals surface area (Å²) < 4.78 is 7.41. The standard InChI is InChI=1S/C25H24N6O3/c1-29-24-21(15-28-29)25(27-17-26-24)31-13-11-30(12-14-31)22(32)16-34-20-9-7-19(8-10-20)23(33)18-5-3-2-4-6-18/h2-10,15,17H,11-14,16H2,1H3. The van der Waals surface area contributed by atoms with E-state index in [4.69, 9.17) is 4.74 Å². The molecule has 0 unspecified atom stereocenters. The number of piperazine rings is 1. The minimum Gasteiger partial charge on any atom is -0.484 e. The minimum absolute atomic E-state index is 0.0478. The van der Waals surface area contributed by atoms with Crippen molar-refractivity contribution in [2.75, 3.05) is 37.7 Å². The van der Waals surface area contributed by atoms with Gasteiger partial charge in [0.05, 0.1) is 11.6 Å². The van der Waals surface area contributed by atoms with Crippen LogP contribution in [0.4, 0.5) is 5.82 Å². The van der Waals surface area contributed by atoms with Crippen molar-refractivity contribution in [1.82, 2.24) is 24.6 Å². The summed E-state index contributed by atoms with van der Waals surface area (Å²) in [5, 5.41) is 5.17. The Labute approximate surface area is 196 Å². The van der Waals surface area contributed by atoms with E-state index in [1.165, 1.54) is 0 Å². The van der Waals surface area contributed by atoms with Gasteiger partial charge >= 0.3 is 0 Å². The van der Waals surface area contributed by atoms with Gasteiger partial charge in [0.1, 0.15) is 17.9 Å². The van der Waals surface area contributed by atoms with Gasteiger partial charge in [-0.3, -0.25) is 14.3 Å². The number of anilines is 1. The first-order chi connectivity index (χ1) is 16.6. The zero-order valence-electron chi connectivity index (χ0n) is 18.8. The third-order valence-corrected chi connectivity index (χ3v) is 5.96. The van der Waals surface area contributed by atoms with Crippen molar-refractivity contribution in [1.29, 1.82) is 0 Å². The third-order valence-electron chi connectivity index (χ3n) is 5.96. The maximum atomic E-state index is 12.7. The van der Waals surface area contributed by atoms with Gasteiger partial charge in [-0.1, -0.05) is 30.3 Å². The van der Waals surface area contributed by atoms with Crippen LogP contribution in [0.15, 0.2) is 67.1 Å². The Bertz CT molecular complexity index is 1310. The molecule has 0 radical (unpaired) electrons. The molecule has 9 nitrogen and oxygen atoms in total. The summed E-state index contributed by atoms with van der Waals surface area (Å²) in [4.78, 5) is 37.9. The lowest BCUT2D eigenvalue weighted by Crippen LogP contribution is -2.50. The molecule has 1 amide bonds. The van der Waals surface area contributed by atoms with Crippen molar-refractivity contribution >= 4 is 28.5 Å². The van der Waals surface area contributed by atoms with E-state index >= 15 is 0 Å². The summed E-state index contributed by atoms with van der Waals surface area (Å²) in [7, 11) is 1.85. The molecule has 1 aliphatic heterocycles. The third kappa shape index (κ3) is 4.32. The van der Waals surface area contributed by atoms with Crippen LogP contribution in [-0.4, -0.2) is 69.1 Å². The smallest absolute Gasteiger partial charge is 0.260 e. The lowest BCUT2D eigenvalue weighted by Gasteiger charge is -2.35. The van der Waals surface area contributed by atoms with Crippen molar-refractivity contribution in [3.63, 3.8) is 0 Å². The van der Waals surface area contributed by atoms with Crippen LogP contribution in [0.3, 0.4) is 0 Å². The predicted octanol–water partition coefficient (Wildman–Crippen LogP) is 2.32. The van der Waals surface area contributed by atoms with Gasteiger partial charge in [0.15, 0.2) is 18.0 Å². The van der Waals surface area contributed by atoms with Crippen molar-refractivity contribution in [3.05, 3.63) is 78.2 Å². The Kier molecular flexibility index (Phi) is 5.90. The van der Waals surface area contributed by atoms with E-state index in [1.54, 1.807) is 58.5 Å². The Morgan fingerprint density at radius 2 is 1.62 bits per heavy atom. The van der Waals surface area contributed by atoms with Gasteiger partial charge in [0.25, 0.3) is 5.91 Å². The van der Waals surface area contributed by atoms with E-state index in [0.717, 1.165) is 16.9 Å². The first-order valence-corrected chi connectivity index (χ1v) is 11.1. The molecule has 9 heteroatoms. The molecule has 5 rings (SSSR count). The van der Waals surface area contributed by atoms with Crippen LogP contribution in [0.2, 0.25) is 0 Å². The van der Waals surface area contributed by atoms with Crippen LogP contribution in [0.25, 0.3) is 11.0 Å². The average Bonchev–Trinajstić information content (AvgIpc) is 3.28. The number of fused-ring (bicyclic) bond motifs is 1. The quantitative estimate of drug-likeness (QED) is 0.411. The summed E-state index contributed by atoms with van der Waals surface area (Å²) in [5.74, 6) is 1.27. The van der Waals surface area contributed by atoms with Gasteiger partial charge in [-0.25, -0.2) is 9.97 Å². The molecule has 34 heavy (non-hydrogen) atoms. The van der Waals surface area contributed by atoms with Crippen molar-refractivity contribution in [2.24, 2.45) is 7.05 Å². The van der Waals surface area contributed by atoms with E-state index < -0.39 is 0 Å². The van der Waals surface area contributed by atoms with E-state index in [-0.39, 0.29) is 18.3 Å². The fraction of sp³-hybridized carbons (Fsp3) is 0.240. The number of benzene rings is 2. The molecule has 0 bridgehead atoms. The first-order valence-electron chi connectivity index (χ1n) is 11.1. The molecule has 3 heterocycles. The predicted molar refractivity (Wildman–Crippen MR) is 127 cm³/mol. The monoisotopic (exact) mass is 456 g/mol. The molecule has 0 saturated carbocycles. The largest absolute Gasteiger partial charge is 0.484 e. The van der Waals surface area contributed by atoms with Gasteiger partial charge in [-0.05, 0) is 24.3 Å². The second kappa shape index (κ2) is 9.30. The molecule has 1 saturated heterocycles. The average molecular weight is 457 g/mol. The molecule has 0 N–H and O–H groups in total. The number of hydrogen-bond acceptors (Lipinski definition) is 7. The number of aromatic nitrogens is 4. The van der Waals surface area contributed by atoms with Crippen LogP contribution >= 0.6 is 0 Å². The topological polar surface area (TPSA) is 93.5 Å². The van der Waals surface area contributed by atoms with Crippen molar-refractivity contribution in [2.45, 2.75) is 0 Å². The summed E-state index contributed by atoms with van der Waals surface area (Å²) in [6.07, 6.45) is 3.32. The number of ketones is 1. The first kappa shape index (κ1) is 21.6. The molecule has 1 aliphatic rings. The minimum atomic E-state index is -0.0710. The highest BCUT2D eigenvalue weighted by Crippen LogP contribution is 2.23. The van der Waals surface area contributed by atoms with E-state index in [2.05, 4.69) is 20.0 Å². The van der Waals surface area contributed by atoms with Crippen LogP contribution < -0.4 is 9.64 Å². The van der Waals surface area contributed by atoms with Crippen LogP contribution in [-0.2, 0) is 11.8 Å². The number of carbonyl (C=O) groups is 2. The summed E-state index contributed by atoms with van der Waals surface area (Å²) in [6, 6.07) is 16.0. The fourth-order valence-electron chi connectivity index (χ4n) is 4.06. The molecule has 1 fully saturated rings. The number of rotatable bonds is 6. The van der Waals surface area contributed by atoms with Crippen LogP contribution in [0, 0.1) is 0 Å². The maximum absolute atomic E-state index is 12.7.